The van der Waals surface area contributed by atoms with Gasteiger partial charge in [-0.3, -0.25) is 4.18 Å². The topological polar surface area (TPSA) is 94.1 Å². The molecule has 1 rings (SSSR count). The van der Waals surface area contributed by atoms with Crippen molar-refractivity contribution < 1.29 is 26.1 Å². The number of pyridine rings is 1. The first-order valence-electron chi connectivity index (χ1n) is 5.04. The first-order valence-corrected chi connectivity index (χ1v) is 6.37. The number of hydrogen-bond donors (Lipinski definition) is 0. The van der Waals surface area contributed by atoms with Crippen molar-refractivity contribution in [2.24, 2.45) is 0 Å². The molecule has 0 aliphatic heterocycles. The molecule has 0 aromatic carbocycles. The lowest BCUT2D eigenvalue weighted by molar-refractivity contribution is -0.697. The van der Waals surface area contributed by atoms with Crippen molar-refractivity contribution in [2.75, 3.05) is 6.61 Å². The highest BCUT2D eigenvalue weighted by Gasteiger charge is 2.12. The molecule has 0 radical (unpaired) electrons. The van der Waals surface area contributed by atoms with E-state index in [-0.39, 0.29) is 12.3 Å². The van der Waals surface area contributed by atoms with Crippen LogP contribution >= 0.6 is 0 Å². The summed E-state index contributed by atoms with van der Waals surface area (Å²) in [5.41, 5.74) is 0.0926. The maximum absolute atomic E-state index is 12.8. The largest absolute Gasteiger partial charge is 0.726 e. The SMILES string of the molecule is CCOS(=O)(=O)[O-].CC[n+]1cccc(F)c1C#N. The predicted octanol–water partition coefficient (Wildman–Crippen LogP) is 0.488. The molecule has 0 aliphatic rings. The summed E-state index contributed by atoms with van der Waals surface area (Å²) in [7, 11) is -4.42. The van der Waals surface area contributed by atoms with Crippen LogP contribution in [0.25, 0.3) is 0 Å². The molecule has 0 amide bonds. The van der Waals surface area contributed by atoms with Crippen LogP contribution in [0.2, 0.25) is 0 Å². The quantitative estimate of drug-likeness (QED) is 0.455. The van der Waals surface area contributed by atoms with Crippen molar-refractivity contribution in [1.82, 2.24) is 0 Å². The van der Waals surface area contributed by atoms with Crippen LogP contribution in [0, 0.1) is 17.1 Å². The number of nitriles is 1. The van der Waals surface area contributed by atoms with Crippen LogP contribution in [-0.2, 0) is 21.1 Å². The minimum Gasteiger partial charge on any atom is -0.726 e. The van der Waals surface area contributed by atoms with Crippen molar-refractivity contribution in [1.29, 1.82) is 5.26 Å². The van der Waals surface area contributed by atoms with Crippen molar-refractivity contribution in [3.63, 3.8) is 0 Å². The van der Waals surface area contributed by atoms with Crippen LogP contribution < -0.4 is 4.57 Å². The van der Waals surface area contributed by atoms with E-state index in [2.05, 4.69) is 4.18 Å². The van der Waals surface area contributed by atoms with E-state index in [4.69, 9.17) is 5.26 Å². The molecule has 1 aromatic heterocycles. The average molecular weight is 276 g/mol. The minimum absolute atomic E-state index is 0.0914. The molecule has 6 nitrogen and oxygen atoms in total. The van der Waals surface area contributed by atoms with Crippen LogP contribution in [0.1, 0.15) is 19.5 Å². The fourth-order valence-corrected chi connectivity index (χ4v) is 1.34. The molecular formula is C10H13FN2O4S. The summed E-state index contributed by atoms with van der Waals surface area (Å²) in [6.07, 6.45) is 1.68. The Morgan fingerprint density at radius 1 is 1.56 bits per heavy atom. The summed E-state index contributed by atoms with van der Waals surface area (Å²) in [6, 6.07) is 4.67. The summed E-state index contributed by atoms with van der Waals surface area (Å²) >= 11 is 0. The normalized spacial score (nSPS) is 10.2. The van der Waals surface area contributed by atoms with Gasteiger partial charge in [0.2, 0.25) is 16.2 Å². The Morgan fingerprint density at radius 3 is 2.44 bits per heavy atom. The van der Waals surface area contributed by atoms with Gasteiger partial charge in [-0.15, -0.1) is 0 Å². The van der Waals surface area contributed by atoms with Gasteiger partial charge >= 0.3 is 5.69 Å². The van der Waals surface area contributed by atoms with Crippen molar-refractivity contribution in [3.8, 4) is 6.07 Å². The maximum Gasteiger partial charge on any atom is 0.319 e. The molecule has 18 heavy (non-hydrogen) atoms. The molecule has 0 fully saturated rings. The Balaban J connectivity index is 0.000000360. The Hall–Kier alpha value is -1.56. The summed E-state index contributed by atoms with van der Waals surface area (Å²) in [5, 5.41) is 8.52. The first kappa shape index (κ1) is 16.4. The predicted molar refractivity (Wildman–Crippen MR) is 58.3 cm³/mol. The van der Waals surface area contributed by atoms with Gasteiger partial charge in [-0.25, -0.2) is 8.42 Å². The van der Waals surface area contributed by atoms with E-state index < -0.39 is 16.2 Å². The third-order valence-corrected chi connectivity index (χ3v) is 2.26. The molecule has 0 saturated heterocycles. The summed E-state index contributed by atoms with van der Waals surface area (Å²) in [6.45, 7) is 3.81. The number of nitrogens with zero attached hydrogens (tertiary/aromatic N) is 2. The van der Waals surface area contributed by atoms with Gasteiger partial charge in [0, 0.05) is 6.07 Å². The van der Waals surface area contributed by atoms with E-state index in [0.717, 1.165) is 0 Å². The zero-order valence-corrected chi connectivity index (χ0v) is 10.8. The lowest BCUT2D eigenvalue weighted by Crippen LogP contribution is -2.36. The van der Waals surface area contributed by atoms with Crippen molar-refractivity contribution in [2.45, 2.75) is 20.4 Å². The van der Waals surface area contributed by atoms with E-state index in [9.17, 15) is 17.4 Å². The first-order chi connectivity index (χ1) is 8.35. The molecule has 1 aromatic rings. The lowest BCUT2D eigenvalue weighted by Gasteiger charge is -2.02. The molecule has 100 valence electrons. The van der Waals surface area contributed by atoms with E-state index in [1.807, 2.05) is 6.92 Å². The third kappa shape index (κ3) is 6.24. The fourth-order valence-electron chi connectivity index (χ4n) is 1.05. The van der Waals surface area contributed by atoms with Crippen LogP contribution in [0.15, 0.2) is 18.3 Å². The van der Waals surface area contributed by atoms with Gasteiger partial charge in [-0.2, -0.15) is 14.2 Å². The van der Waals surface area contributed by atoms with E-state index in [1.54, 1.807) is 22.9 Å². The number of aromatic nitrogens is 1. The smallest absolute Gasteiger partial charge is 0.319 e. The van der Waals surface area contributed by atoms with Gasteiger partial charge in [0.05, 0.1) is 6.61 Å². The number of rotatable bonds is 3. The Bertz CT molecular complexity index is 525. The fraction of sp³-hybridized carbons (Fsp3) is 0.400. The van der Waals surface area contributed by atoms with Gasteiger partial charge in [0.25, 0.3) is 0 Å². The molecule has 1 heterocycles. The molecule has 0 atom stereocenters. The molecule has 0 N–H and O–H groups in total. The minimum atomic E-state index is -4.42. The lowest BCUT2D eigenvalue weighted by atomic mass is 10.3. The molecule has 0 bridgehead atoms. The Labute approximate surface area is 105 Å². The molecule has 0 saturated carbocycles. The van der Waals surface area contributed by atoms with Gasteiger partial charge in [0.15, 0.2) is 12.3 Å². The molecule has 8 heteroatoms. The molecule has 0 aliphatic carbocycles. The highest BCUT2D eigenvalue weighted by atomic mass is 32.3. The Morgan fingerprint density at radius 2 is 2.17 bits per heavy atom. The molecule has 0 spiro atoms. The zero-order valence-electron chi connectivity index (χ0n) is 9.96. The summed E-state index contributed by atoms with van der Waals surface area (Å²) in [4.78, 5) is 0. The second kappa shape index (κ2) is 7.71. The van der Waals surface area contributed by atoms with E-state index in [1.165, 1.54) is 13.0 Å². The highest BCUT2D eigenvalue weighted by Crippen LogP contribution is 1.97. The van der Waals surface area contributed by atoms with E-state index in [0.29, 0.717) is 6.54 Å². The number of aryl methyl sites for hydroxylation is 1. The van der Waals surface area contributed by atoms with Gasteiger partial charge in [-0.1, -0.05) is 0 Å². The van der Waals surface area contributed by atoms with Gasteiger partial charge in [-0.05, 0) is 19.9 Å². The van der Waals surface area contributed by atoms with Crippen molar-refractivity contribution >= 4 is 10.4 Å². The molecule has 0 unspecified atom stereocenters. The number of halogens is 1. The standard InChI is InChI=1S/C8H8FN2.C2H6O4S/c1-2-11-5-3-4-7(9)8(11)6-10;1-2-6-7(3,4)5/h3-5H,2H2,1H3;2H2,1H3,(H,3,4,5)/q+1;/p-1. The van der Waals surface area contributed by atoms with Gasteiger partial charge in [0.1, 0.15) is 6.54 Å². The number of hydrogen-bond acceptors (Lipinski definition) is 5. The van der Waals surface area contributed by atoms with Crippen LogP contribution in [-0.4, -0.2) is 19.6 Å². The maximum atomic E-state index is 12.8. The third-order valence-electron chi connectivity index (χ3n) is 1.73. The van der Waals surface area contributed by atoms with Crippen molar-refractivity contribution in [3.05, 3.63) is 29.8 Å². The summed E-state index contributed by atoms with van der Waals surface area (Å²) < 4.78 is 46.4. The van der Waals surface area contributed by atoms with Crippen LogP contribution in [0.4, 0.5) is 4.39 Å². The monoisotopic (exact) mass is 276 g/mol. The average Bonchev–Trinajstić information content (AvgIpc) is 2.27. The highest BCUT2D eigenvalue weighted by molar-refractivity contribution is 7.80. The second-order valence-electron chi connectivity index (χ2n) is 2.92. The second-order valence-corrected chi connectivity index (χ2v) is 3.97. The van der Waals surface area contributed by atoms with Crippen LogP contribution in [0.5, 0.6) is 0 Å². The summed E-state index contributed by atoms with van der Waals surface area (Å²) in [5.74, 6) is -0.461. The zero-order chi connectivity index (χ0) is 14.2. The molecular weight excluding hydrogens is 263 g/mol. The Kier molecular flexibility index (Phi) is 7.04. The van der Waals surface area contributed by atoms with E-state index >= 15 is 0 Å². The van der Waals surface area contributed by atoms with Gasteiger partial charge < -0.3 is 4.55 Å². The van der Waals surface area contributed by atoms with Crippen LogP contribution in [0.3, 0.4) is 0 Å².